The Morgan fingerprint density at radius 1 is 0.754 bits per heavy atom. The van der Waals surface area contributed by atoms with Gasteiger partial charge in [-0.25, -0.2) is 19.6 Å². The highest BCUT2D eigenvalue weighted by atomic mass is 16.5. The Hall–Kier alpha value is -6.18. The molecule has 3 saturated carbocycles. The molecule has 4 N–H and O–H groups in total. The van der Waals surface area contributed by atoms with E-state index in [9.17, 15) is 19.2 Å². The SMILES string of the molecule is COC(=O)NC(C(=O)N1CC2(CC2)C[C@H]1c1ncc(-c2ccc3c(c2)C2(CC2)c2cc(-c4ccc5nc([C@@H]6[C@H]7CC[C@H](C7)N6C(=O)[C@@H](NC(=O)OC)C(C)C)[nH]c5c4)ccc2-3)[nH]1)C(C)C. The van der Waals surface area contributed by atoms with Crippen LogP contribution >= 0.6 is 0 Å². The Morgan fingerprint density at radius 3 is 2.03 bits per heavy atom. The molecule has 0 radical (unpaired) electrons. The molecule has 3 aromatic carbocycles. The number of hydrogen-bond acceptors (Lipinski definition) is 8. The third-order valence-electron chi connectivity index (χ3n) is 15.8. The summed E-state index contributed by atoms with van der Waals surface area (Å²) in [7, 11) is 2.63. The largest absolute Gasteiger partial charge is 0.453 e. The number of carbonyl (C=O) groups is 4. The van der Waals surface area contributed by atoms with Crippen LogP contribution in [0.5, 0.6) is 0 Å². The van der Waals surface area contributed by atoms with Crippen LogP contribution in [0.15, 0.2) is 60.8 Å². The van der Waals surface area contributed by atoms with E-state index in [2.05, 4.69) is 75.2 Å². The fraction of sp³-hybridized carbons (Fsp3) is 0.490. The summed E-state index contributed by atoms with van der Waals surface area (Å²) in [6.45, 7) is 8.43. The monoisotopic (exact) mass is 878 g/mol. The van der Waals surface area contributed by atoms with Crippen LogP contribution in [0.3, 0.4) is 0 Å². The van der Waals surface area contributed by atoms with Crippen LogP contribution in [0.4, 0.5) is 9.59 Å². The Balaban J connectivity index is 0.845. The summed E-state index contributed by atoms with van der Waals surface area (Å²) >= 11 is 0. The van der Waals surface area contributed by atoms with Gasteiger partial charge in [0.05, 0.1) is 49.2 Å². The molecule has 1 unspecified atom stereocenters. The number of aromatic amines is 2. The fourth-order valence-electron chi connectivity index (χ4n) is 12.0. The number of hydrogen-bond donors (Lipinski definition) is 4. The van der Waals surface area contributed by atoms with Gasteiger partial charge in [-0.1, -0.05) is 58.0 Å². The predicted octanol–water partition coefficient (Wildman–Crippen LogP) is 8.55. The van der Waals surface area contributed by atoms with E-state index in [4.69, 9.17) is 19.4 Å². The molecular weight excluding hydrogens is 821 g/mol. The normalized spacial score (nSPS) is 23.6. The van der Waals surface area contributed by atoms with Crippen molar-refractivity contribution in [1.29, 1.82) is 0 Å². The van der Waals surface area contributed by atoms with Crippen molar-refractivity contribution < 1.29 is 28.7 Å². The second kappa shape index (κ2) is 15.2. The molecule has 338 valence electrons. The highest BCUT2D eigenvalue weighted by Crippen LogP contribution is 2.64. The maximum Gasteiger partial charge on any atom is 0.407 e. The summed E-state index contributed by atoms with van der Waals surface area (Å²) in [5.41, 5.74) is 11.4. The number of rotatable bonds is 10. The molecule has 14 nitrogen and oxygen atoms in total. The van der Waals surface area contributed by atoms with Crippen molar-refractivity contribution in [3.05, 3.63) is 83.6 Å². The van der Waals surface area contributed by atoms with Crippen LogP contribution < -0.4 is 10.6 Å². The molecule has 5 fully saturated rings. The molecule has 11 rings (SSSR count). The Labute approximate surface area is 378 Å². The summed E-state index contributed by atoms with van der Waals surface area (Å²) in [6.07, 6.45) is 8.83. The lowest BCUT2D eigenvalue weighted by molar-refractivity contribution is -0.139. The van der Waals surface area contributed by atoms with Gasteiger partial charge < -0.3 is 39.9 Å². The molecule has 65 heavy (non-hydrogen) atoms. The minimum Gasteiger partial charge on any atom is -0.453 e. The van der Waals surface area contributed by atoms with E-state index >= 15 is 0 Å². The van der Waals surface area contributed by atoms with Crippen LogP contribution in [0.25, 0.3) is 44.5 Å². The minimum atomic E-state index is -0.687. The molecule has 6 atom stereocenters. The number of alkyl carbamates (subject to hydrolysis) is 2. The van der Waals surface area contributed by atoms with E-state index in [0.29, 0.717) is 12.5 Å². The smallest absolute Gasteiger partial charge is 0.407 e. The molecule has 2 aromatic heterocycles. The lowest BCUT2D eigenvalue weighted by atomic mass is 9.90. The molecule has 2 spiro atoms. The number of nitrogens with zero attached hydrogens (tertiary/aromatic N) is 4. The van der Waals surface area contributed by atoms with Gasteiger partial charge in [-0.15, -0.1) is 0 Å². The van der Waals surface area contributed by atoms with Crippen LogP contribution in [0.2, 0.25) is 0 Å². The number of amides is 4. The van der Waals surface area contributed by atoms with Crippen molar-refractivity contribution in [2.75, 3.05) is 20.8 Å². The van der Waals surface area contributed by atoms with Crippen molar-refractivity contribution >= 4 is 35.0 Å². The molecule has 2 saturated heterocycles. The van der Waals surface area contributed by atoms with E-state index in [0.717, 1.165) is 96.4 Å². The van der Waals surface area contributed by atoms with Crippen LogP contribution in [-0.2, 0) is 24.5 Å². The third kappa shape index (κ3) is 6.80. The van der Waals surface area contributed by atoms with Crippen molar-refractivity contribution in [3.63, 3.8) is 0 Å². The zero-order valence-electron chi connectivity index (χ0n) is 38.0. The minimum absolute atomic E-state index is 0.0370. The van der Waals surface area contributed by atoms with E-state index in [1.54, 1.807) is 0 Å². The van der Waals surface area contributed by atoms with Gasteiger partial charge in [-0.2, -0.15) is 0 Å². The fourth-order valence-corrected chi connectivity index (χ4v) is 12.0. The first kappa shape index (κ1) is 41.5. The first-order valence-corrected chi connectivity index (χ1v) is 23.5. The van der Waals surface area contributed by atoms with Crippen molar-refractivity contribution in [2.45, 2.75) is 115 Å². The van der Waals surface area contributed by atoms with Crippen LogP contribution in [0, 0.1) is 23.2 Å². The number of fused-ring (bicyclic) bond motifs is 8. The van der Waals surface area contributed by atoms with E-state index < -0.39 is 24.3 Å². The van der Waals surface area contributed by atoms with Gasteiger partial charge in [0.25, 0.3) is 0 Å². The van der Waals surface area contributed by atoms with Gasteiger partial charge >= 0.3 is 12.2 Å². The molecule has 2 bridgehead atoms. The molecule has 4 amide bonds. The Kier molecular flexibility index (Phi) is 9.71. The van der Waals surface area contributed by atoms with Gasteiger partial charge in [-0.3, -0.25) is 9.59 Å². The summed E-state index contributed by atoms with van der Waals surface area (Å²) < 4.78 is 9.73. The third-order valence-corrected chi connectivity index (χ3v) is 15.8. The van der Waals surface area contributed by atoms with Gasteiger partial charge in [-0.05, 0) is 138 Å². The Bertz CT molecular complexity index is 2760. The number of H-pyrrole nitrogens is 2. The number of nitrogens with one attached hydrogen (secondary N) is 4. The first-order valence-electron chi connectivity index (χ1n) is 23.5. The number of likely N-dealkylation sites (tertiary alicyclic amines) is 2. The number of benzene rings is 3. The van der Waals surface area contributed by atoms with Crippen LogP contribution in [-0.4, -0.2) is 92.6 Å². The van der Waals surface area contributed by atoms with Gasteiger partial charge in [0.15, 0.2) is 0 Å². The van der Waals surface area contributed by atoms with Gasteiger partial charge in [0.1, 0.15) is 23.7 Å². The van der Waals surface area contributed by atoms with E-state index in [1.165, 1.54) is 36.5 Å². The maximum atomic E-state index is 14.1. The second-order valence-electron chi connectivity index (χ2n) is 20.5. The second-order valence-corrected chi connectivity index (χ2v) is 20.5. The number of ether oxygens (including phenoxy) is 2. The average Bonchev–Trinajstić information content (AvgIpc) is 3.74. The standard InChI is InChI=1S/C51H58N8O6/c1-26(2)41(56-48(62)64-5)46(60)58-25-50(15-16-50)23-40(58)44-52-24-39(55-44)30-9-13-34-33-12-8-28(20-35(33)51(17-18-51)36(34)21-30)29-10-14-37-38(22-29)54-45(53-37)43-31-7-11-32(19-31)59(43)47(61)42(27(3)4)57-49(63)65-6/h8-10,12-14,20-22,24,26-27,31-32,40-43H,7,11,15-19,23,25H2,1-6H3,(H,52,55)(H,53,54)(H,56,62)(H,57,63)/t31-,32+,40-,41?,42-,43-/m0/s1. The van der Waals surface area contributed by atoms with Crippen molar-refractivity contribution in [1.82, 2.24) is 40.4 Å². The zero-order chi connectivity index (χ0) is 45.1. The Morgan fingerprint density at radius 2 is 1.38 bits per heavy atom. The molecule has 14 heteroatoms. The van der Waals surface area contributed by atoms with Crippen LogP contribution in [0.1, 0.15) is 114 Å². The van der Waals surface area contributed by atoms with Gasteiger partial charge in [0, 0.05) is 18.0 Å². The number of aromatic nitrogens is 4. The average molecular weight is 879 g/mol. The number of imidazole rings is 2. The van der Waals surface area contributed by atoms with E-state index in [-0.39, 0.29) is 52.6 Å². The summed E-state index contributed by atoms with van der Waals surface area (Å²) in [6, 6.07) is 18.4. The number of carbonyl (C=O) groups excluding carboxylic acids is 4. The first-order chi connectivity index (χ1) is 31.3. The summed E-state index contributed by atoms with van der Waals surface area (Å²) in [5, 5.41) is 5.57. The highest BCUT2D eigenvalue weighted by Gasteiger charge is 2.56. The molecule has 4 aliphatic carbocycles. The molecule has 4 heterocycles. The summed E-state index contributed by atoms with van der Waals surface area (Å²) in [4.78, 5) is 73.8. The quantitative estimate of drug-likeness (QED) is 0.108. The lowest BCUT2D eigenvalue weighted by Crippen LogP contribution is -2.54. The van der Waals surface area contributed by atoms with E-state index in [1.807, 2.05) is 43.7 Å². The molecule has 6 aliphatic rings. The zero-order valence-corrected chi connectivity index (χ0v) is 38.0. The molecular formula is C51H58N8O6. The predicted molar refractivity (Wildman–Crippen MR) is 244 cm³/mol. The van der Waals surface area contributed by atoms with Crippen molar-refractivity contribution in [3.8, 4) is 33.5 Å². The highest BCUT2D eigenvalue weighted by molar-refractivity contribution is 5.90. The van der Waals surface area contributed by atoms with Crippen molar-refractivity contribution in [2.24, 2.45) is 23.2 Å². The maximum absolute atomic E-state index is 14.1. The lowest BCUT2D eigenvalue weighted by Gasteiger charge is -2.37. The number of piperidine rings is 1. The summed E-state index contributed by atoms with van der Waals surface area (Å²) in [5.74, 6) is 1.50. The molecule has 5 aromatic rings. The number of methoxy groups -OCH3 is 2. The topological polar surface area (TPSA) is 175 Å². The van der Waals surface area contributed by atoms with Gasteiger partial charge in [0.2, 0.25) is 11.8 Å². The molecule has 2 aliphatic heterocycles.